The van der Waals surface area contributed by atoms with Gasteiger partial charge in [-0.05, 0) is 43.5 Å². The van der Waals surface area contributed by atoms with Crippen LogP contribution in [0.1, 0.15) is 47.4 Å². The number of furan rings is 1. The lowest BCUT2D eigenvalue weighted by Gasteiger charge is -2.24. The van der Waals surface area contributed by atoms with Gasteiger partial charge in [0.2, 0.25) is 0 Å². The van der Waals surface area contributed by atoms with Crippen LogP contribution in [0.2, 0.25) is 0 Å². The molecule has 0 aliphatic carbocycles. The molecule has 0 spiro atoms. The van der Waals surface area contributed by atoms with Crippen molar-refractivity contribution < 1.29 is 19.1 Å². The summed E-state index contributed by atoms with van der Waals surface area (Å²) in [5, 5.41) is 12.6. The molecular weight excluding hydrogens is 416 g/mol. The van der Waals surface area contributed by atoms with E-state index in [1.54, 1.807) is 26.0 Å². The zero-order chi connectivity index (χ0) is 23.3. The minimum absolute atomic E-state index is 0.0902. The van der Waals surface area contributed by atoms with E-state index in [0.29, 0.717) is 25.4 Å². The Morgan fingerprint density at radius 2 is 1.88 bits per heavy atom. The van der Waals surface area contributed by atoms with Gasteiger partial charge in [0, 0.05) is 31.7 Å². The van der Waals surface area contributed by atoms with Crippen LogP contribution in [-0.2, 0) is 6.54 Å². The molecule has 6 nitrogen and oxygen atoms in total. The molecule has 2 heterocycles. The third-order valence-corrected chi connectivity index (χ3v) is 5.27. The molecule has 1 aliphatic rings. The molecule has 0 bridgehead atoms. The Morgan fingerprint density at radius 1 is 1.12 bits per heavy atom. The molecule has 170 valence electrons. The molecule has 1 atom stereocenters. The van der Waals surface area contributed by atoms with Gasteiger partial charge in [-0.1, -0.05) is 54.5 Å². The number of carbonyl (C=O) groups excluding carboxylic acids is 1. The van der Waals surface area contributed by atoms with Crippen molar-refractivity contribution in [1.29, 1.82) is 0 Å². The fourth-order valence-corrected chi connectivity index (χ4v) is 3.65. The van der Waals surface area contributed by atoms with Crippen molar-refractivity contribution >= 4 is 5.91 Å². The number of hydrogen-bond acceptors (Lipinski definition) is 5. The van der Waals surface area contributed by atoms with Crippen LogP contribution in [0.4, 0.5) is 0 Å². The first-order valence-corrected chi connectivity index (χ1v) is 11.0. The molecule has 6 heteroatoms. The minimum atomic E-state index is -1.12. The second kappa shape index (κ2) is 9.95. The van der Waals surface area contributed by atoms with Crippen molar-refractivity contribution in [2.75, 3.05) is 19.6 Å². The summed E-state index contributed by atoms with van der Waals surface area (Å²) in [6.07, 6.45) is -0.0902. The SMILES string of the molecule is CC(C)(O)C#Cc1ccc(C(=O)NCCN2Cc3ccccc3O[C@@H](c3ccccc3)C2)o1. The number of benzene rings is 2. The summed E-state index contributed by atoms with van der Waals surface area (Å²) in [5.41, 5.74) is 1.13. The fraction of sp³-hybridized carbons (Fsp3) is 0.296. The molecule has 1 amide bonds. The number of nitrogens with one attached hydrogen (secondary N) is 1. The summed E-state index contributed by atoms with van der Waals surface area (Å²) < 4.78 is 11.8. The quantitative estimate of drug-likeness (QED) is 0.586. The van der Waals surface area contributed by atoms with Gasteiger partial charge in [0.25, 0.3) is 5.91 Å². The largest absolute Gasteiger partial charge is 0.484 e. The van der Waals surface area contributed by atoms with E-state index < -0.39 is 5.60 Å². The predicted octanol–water partition coefficient (Wildman–Crippen LogP) is 3.77. The average molecular weight is 445 g/mol. The van der Waals surface area contributed by atoms with Crippen LogP contribution >= 0.6 is 0 Å². The van der Waals surface area contributed by atoms with E-state index in [1.807, 2.05) is 36.4 Å². The van der Waals surface area contributed by atoms with Gasteiger partial charge in [-0.15, -0.1) is 0 Å². The first kappa shape index (κ1) is 22.7. The van der Waals surface area contributed by atoms with Crippen molar-refractivity contribution in [3.63, 3.8) is 0 Å². The highest BCUT2D eigenvalue weighted by Crippen LogP contribution is 2.30. The molecule has 33 heavy (non-hydrogen) atoms. The number of nitrogens with zero attached hydrogens (tertiary/aromatic N) is 1. The Labute approximate surface area is 194 Å². The van der Waals surface area contributed by atoms with Gasteiger partial charge in [-0.3, -0.25) is 9.69 Å². The van der Waals surface area contributed by atoms with Crippen LogP contribution in [-0.4, -0.2) is 41.1 Å². The van der Waals surface area contributed by atoms with Crippen molar-refractivity contribution in [2.45, 2.75) is 32.1 Å². The number of ether oxygens (including phenoxy) is 1. The number of fused-ring (bicyclic) bond motifs is 1. The summed E-state index contributed by atoms with van der Waals surface area (Å²) in [4.78, 5) is 14.8. The molecule has 0 fully saturated rings. The second-order valence-corrected chi connectivity index (χ2v) is 8.59. The summed E-state index contributed by atoms with van der Waals surface area (Å²) in [6.45, 7) is 5.77. The van der Waals surface area contributed by atoms with E-state index in [2.05, 4.69) is 40.3 Å². The normalized spacial score (nSPS) is 16.0. The molecule has 0 radical (unpaired) electrons. The number of carbonyl (C=O) groups is 1. The minimum Gasteiger partial charge on any atom is -0.484 e. The van der Waals surface area contributed by atoms with Crippen LogP contribution in [0.3, 0.4) is 0 Å². The number of rotatable bonds is 5. The lowest BCUT2D eigenvalue weighted by Crippen LogP contribution is -2.36. The van der Waals surface area contributed by atoms with E-state index in [-0.39, 0.29) is 17.8 Å². The number of para-hydroxylation sites is 1. The highest BCUT2D eigenvalue weighted by molar-refractivity contribution is 5.91. The molecule has 2 aromatic carbocycles. The van der Waals surface area contributed by atoms with Crippen LogP contribution in [0.5, 0.6) is 5.75 Å². The lowest BCUT2D eigenvalue weighted by atomic mass is 10.1. The molecule has 1 aromatic heterocycles. The van der Waals surface area contributed by atoms with Crippen LogP contribution < -0.4 is 10.1 Å². The Kier molecular flexibility index (Phi) is 6.83. The molecule has 2 N–H and O–H groups in total. The van der Waals surface area contributed by atoms with Crippen molar-refractivity contribution in [3.05, 3.63) is 89.4 Å². The van der Waals surface area contributed by atoms with Crippen molar-refractivity contribution in [1.82, 2.24) is 10.2 Å². The standard InChI is InChI=1S/C27H28N2O4/c1-27(2,31)15-14-22-12-13-24(32-22)26(30)28-16-17-29-18-21-10-6-7-11-23(21)33-25(19-29)20-8-4-3-5-9-20/h3-13,25,31H,16-19H2,1-2H3,(H,28,30)/t25-/m1/s1. The molecular formula is C27H28N2O4. The summed E-state index contributed by atoms with van der Waals surface area (Å²) in [7, 11) is 0. The van der Waals surface area contributed by atoms with Gasteiger partial charge in [0.15, 0.2) is 11.5 Å². The maximum atomic E-state index is 12.5. The van der Waals surface area contributed by atoms with E-state index in [9.17, 15) is 9.90 Å². The zero-order valence-corrected chi connectivity index (χ0v) is 18.9. The molecule has 3 aromatic rings. The zero-order valence-electron chi connectivity index (χ0n) is 18.9. The van der Waals surface area contributed by atoms with E-state index in [0.717, 1.165) is 23.4 Å². The Bertz CT molecular complexity index is 1150. The van der Waals surface area contributed by atoms with Gasteiger partial charge < -0.3 is 19.6 Å². The molecule has 0 saturated heterocycles. The van der Waals surface area contributed by atoms with Gasteiger partial charge >= 0.3 is 0 Å². The Balaban J connectivity index is 1.38. The van der Waals surface area contributed by atoms with Gasteiger partial charge in [-0.2, -0.15) is 0 Å². The van der Waals surface area contributed by atoms with Gasteiger partial charge in [0.1, 0.15) is 17.5 Å². The average Bonchev–Trinajstić information content (AvgIpc) is 3.19. The highest BCUT2D eigenvalue weighted by Gasteiger charge is 2.24. The summed E-state index contributed by atoms with van der Waals surface area (Å²) in [6, 6.07) is 21.5. The van der Waals surface area contributed by atoms with E-state index >= 15 is 0 Å². The van der Waals surface area contributed by atoms with Crippen LogP contribution in [0.15, 0.2) is 71.1 Å². The fourth-order valence-electron chi connectivity index (χ4n) is 3.65. The highest BCUT2D eigenvalue weighted by atomic mass is 16.5. The number of aliphatic hydroxyl groups is 1. The maximum absolute atomic E-state index is 12.5. The third-order valence-electron chi connectivity index (χ3n) is 5.27. The van der Waals surface area contributed by atoms with Crippen LogP contribution in [0.25, 0.3) is 0 Å². The monoisotopic (exact) mass is 444 g/mol. The van der Waals surface area contributed by atoms with E-state index in [1.165, 1.54) is 0 Å². The van der Waals surface area contributed by atoms with Crippen molar-refractivity contribution in [2.24, 2.45) is 0 Å². The summed E-state index contributed by atoms with van der Waals surface area (Å²) >= 11 is 0. The predicted molar refractivity (Wildman–Crippen MR) is 126 cm³/mol. The molecule has 0 saturated carbocycles. The van der Waals surface area contributed by atoms with Gasteiger partial charge in [0.05, 0.1) is 0 Å². The molecule has 0 unspecified atom stereocenters. The Morgan fingerprint density at radius 3 is 2.67 bits per heavy atom. The first-order chi connectivity index (χ1) is 15.9. The molecule has 1 aliphatic heterocycles. The maximum Gasteiger partial charge on any atom is 0.287 e. The Hall–Kier alpha value is -3.53. The topological polar surface area (TPSA) is 74.9 Å². The number of amides is 1. The molecule has 4 rings (SSSR count). The first-order valence-electron chi connectivity index (χ1n) is 11.0. The van der Waals surface area contributed by atoms with Crippen LogP contribution in [0, 0.1) is 11.8 Å². The van der Waals surface area contributed by atoms with Gasteiger partial charge in [-0.25, -0.2) is 0 Å². The smallest absolute Gasteiger partial charge is 0.287 e. The number of hydrogen-bond donors (Lipinski definition) is 2. The van der Waals surface area contributed by atoms with E-state index in [4.69, 9.17) is 9.15 Å². The third kappa shape index (κ3) is 6.26. The lowest BCUT2D eigenvalue weighted by molar-refractivity contribution is 0.0915. The van der Waals surface area contributed by atoms with Crippen molar-refractivity contribution in [3.8, 4) is 17.6 Å². The summed E-state index contributed by atoms with van der Waals surface area (Å²) in [5.74, 6) is 6.55. The second-order valence-electron chi connectivity index (χ2n) is 8.59.